The van der Waals surface area contributed by atoms with E-state index in [0.717, 1.165) is 22.8 Å². The Morgan fingerprint density at radius 2 is 2.06 bits per heavy atom. The molecule has 2 rings (SSSR count). The van der Waals surface area contributed by atoms with E-state index in [1.165, 1.54) is 0 Å². The highest BCUT2D eigenvalue weighted by atomic mass is 35.5. The van der Waals surface area contributed by atoms with Crippen molar-refractivity contribution in [3.05, 3.63) is 28.8 Å². The summed E-state index contributed by atoms with van der Waals surface area (Å²) < 4.78 is 0. The number of hydrogen-bond donors (Lipinski definition) is 0. The normalized spacial score (nSPS) is 25.2. The molecule has 17 heavy (non-hydrogen) atoms. The highest BCUT2D eigenvalue weighted by Gasteiger charge is 2.31. The van der Waals surface area contributed by atoms with Crippen LogP contribution in [0.25, 0.3) is 0 Å². The largest absolute Gasteiger partial charge is 0.367 e. The molecule has 1 heterocycles. The van der Waals surface area contributed by atoms with Gasteiger partial charge in [-0.15, -0.1) is 0 Å². The molecule has 0 saturated carbocycles. The summed E-state index contributed by atoms with van der Waals surface area (Å²) in [7, 11) is 0. The lowest BCUT2D eigenvalue weighted by molar-refractivity contribution is -0.123. The summed E-state index contributed by atoms with van der Waals surface area (Å²) in [5.41, 5.74) is 2.26. The maximum atomic E-state index is 11.7. The monoisotopic (exact) mass is 251 g/mol. The molecule has 2 nitrogen and oxygen atoms in total. The summed E-state index contributed by atoms with van der Waals surface area (Å²) in [6, 6.07) is 6.20. The minimum Gasteiger partial charge on any atom is -0.367 e. The second-order valence-electron chi connectivity index (χ2n) is 4.82. The van der Waals surface area contributed by atoms with Crippen molar-refractivity contribution >= 4 is 23.1 Å². The maximum absolute atomic E-state index is 11.7. The van der Waals surface area contributed by atoms with Crippen LogP contribution in [0.15, 0.2) is 18.2 Å². The zero-order valence-corrected chi connectivity index (χ0v) is 11.3. The highest BCUT2D eigenvalue weighted by Crippen LogP contribution is 2.32. The third kappa shape index (κ3) is 2.19. The Balaban J connectivity index is 2.34. The Hall–Kier alpha value is -1.02. The molecule has 0 bridgehead atoms. The average molecular weight is 252 g/mol. The summed E-state index contributed by atoms with van der Waals surface area (Å²) in [4.78, 5) is 14.0. The summed E-state index contributed by atoms with van der Waals surface area (Å²) in [6.45, 7) is 6.96. The van der Waals surface area contributed by atoms with E-state index in [1.807, 2.05) is 26.0 Å². The minimum absolute atomic E-state index is 0.0992. The van der Waals surface area contributed by atoms with Crippen LogP contribution in [-0.2, 0) is 4.79 Å². The number of nitrogens with zero attached hydrogens (tertiary/aromatic N) is 1. The number of ketones is 1. The van der Waals surface area contributed by atoms with Crippen LogP contribution in [0.5, 0.6) is 0 Å². The van der Waals surface area contributed by atoms with Crippen molar-refractivity contribution in [2.45, 2.75) is 33.2 Å². The van der Waals surface area contributed by atoms with Gasteiger partial charge in [0.15, 0.2) is 0 Å². The van der Waals surface area contributed by atoms with E-state index < -0.39 is 0 Å². The van der Waals surface area contributed by atoms with Crippen molar-refractivity contribution in [3.8, 4) is 0 Å². The van der Waals surface area contributed by atoms with E-state index in [1.54, 1.807) is 0 Å². The van der Waals surface area contributed by atoms with Crippen LogP contribution in [-0.4, -0.2) is 18.4 Å². The summed E-state index contributed by atoms with van der Waals surface area (Å²) in [5, 5.41) is 0.791. The fraction of sp³-hybridized carbons (Fsp3) is 0.500. The third-order valence-corrected chi connectivity index (χ3v) is 4.28. The van der Waals surface area contributed by atoms with Gasteiger partial charge in [0.05, 0.1) is 0 Å². The van der Waals surface area contributed by atoms with Gasteiger partial charge in [-0.3, -0.25) is 4.79 Å². The molecule has 0 aromatic heterocycles. The van der Waals surface area contributed by atoms with Crippen LogP contribution >= 0.6 is 11.6 Å². The number of Topliss-reactive ketones (excluding diaryl/α,β-unsaturated/α-hetero) is 1. The molecule has 1 aromatic rings. The molecular weight excluding hydrogens is 234 g/mol. The van der Waals surface area contributed by atoms with Crippen LogP contribution in [0.2, 0.25) is 5.02 Å². The number of piperidine rings is 1. The first-order chi connectivity index (χ1) is 8.02. The first kappa shape index (κ1) is 12.4. The van der Waals surface area contributed by atoms with Crippen LogP contribution in [0.4, 0.5) is 5.69 Å². The second-order valence-corrected chi connectivity index (χ2v) is 5.23. The van der Waals surface area contributed by atoms with E-state index in [4.69, 9.17) is 11.6 Å². The van der Waals surface area contributed by atoms with E-state index >= 15 is 0 Å². The molecule has 1 aliphatic rings. The fourth-order valence-electron chi connectivity index (χ4n) is 2.45. The van der Waals surface area contributed by atoms with E-state index in [9.17, 15) is 4.79 Å². The molecule has 3 heteroatoms. The number of hydrogen-bond acceptors (Lipinski definition) is 2. The molecule has 0 N–H and O–H groups in total. The molecule has 0 spiro atoms. The summed E-state index contributed by atoms with van der Waals surface area (Å²) >= 11 is 6.15. The lowest BCUT2D eigenvalue weighted by Crippen LogP contribution is -2.47. The van der Waals surface area contributed by atoms with Gasteiger partial charge in [0.1, 0.15) is 5.78 Å². The molecule has 0 radical (unpaired) electrons. The van der Waals surface area contributed by atoms with E-state index in [2.05, 4.69) is 17.9 Å². The van der Waals surface area contributed by atoms with Gasteiger partial charge in [-0.25, -0.2) is 0 Å². The topological polar surface area (TPSA) is 20.3 Å². The molecule has 2 unspecified atom stereocenters. The van der Waals surface area contributed by atoms with Crippen molar-refractivity contribution in [2.75, 3.05) is 11.4 Å². The SMILES string of the molecule is Cc1c(Cl)cccc1N1CCC(=O)C(C)C1C. The summed E-state index contributed by atoms with van der Waals surface area (Å²) in [6.07, 6.45) is 0.636. The number of carbonyl (C=O) groups excluding carboxylic acids is 1. The Kier molecular flexibility index (Phi) is 3.43. The molecule has 2 atom stereocenters. The zero-order valence-electron chi connectivity index (χ0n) is 10.5. The smallest absolute Gasteiger partial charge is 0.139 e. The number of rotatable bonds is 1. The quantitative estimate of drug-likeness (QED) is 0.762. The van der Waals surface area contributed by atoms with Gasteiger partial charge >= 0.3 is 0 Å². The lowest BCUT2D eigenvalue weighted by atomic mass is 9.90. The molecule has 1 aromatic carbocycles. The Morgan fingerprint density at radius 3 is 2.76 bits per heavy atom. The van der Waals surface area contributed by atoms with E-state index in [-0.39, 0.29) is 12.0 Å². The van der Waals surface area contributed by atoms with Crippen LogP contribution < -0.4 is 4.90 Å². The highest BCUT2D eigenvalue weighted by molar-refractivity contribution is 6.31. The van der Waals surface area contributed by atoms with Crippen LogP contribution in [0, 0.1) is 12.8 Å². The van der Waals surface area contributed by atoms with Gasteiger partial charge in [0.2, 0.25) is 0 Å². The molecule has 92 valence electrons. The molecule has 1 aliphatic heterocycles. The lowest BCUT2D eigenvalue weighted by Gasteiger charge is -2.39. The average Bonchev–Trinajstić information content (AvgIpc) is 2.31. The van der Waals surface area contributed by atoms with Gasteiger partial charge in [-0.1, -0.05) is 24.6 Å². The van der Waals surface area contributed by atoms with E-state index in [0.29, 0.717) is 12.2 Å². The Bertz CT molecular complexity index is 444. The third-order valence-electron chi connectivity index (χ3n) is 3.87. The molecule has 1 saturated heterocycles. The van der Waals surface area contributed by atoms with Crippen molar-refractivity contribution in [1.29, 1.82) is 0 Å². The predicted octanol–water partition coefficient (Wildman–Crippen LogP) is 3.45. The van der Waals surface area contributed by atoms with Gasteiger partial charge in [0, 0.05) is 35.6 Å². The van der Waals surface area contributed by atoms with Gasteiger partial charge in [0.25, 0.3) is 0 Å². The van der Waals surface area contributed by atoms with Crippen molar-refractivity contribution in [2.24, 2.45) is 5.92 Å². The number of anilines is 1. The molecule has 0 amide bonds. The van der Waals surface area contributed by atoms with Crippen molar-refractivity contribution < 1.29 is 4.79 Å². The number of halogens is 1. The fourth-order valence-corrected chi connectivity index (χ4v) is 2.62. The zero-order chi connectivity index (χ0) is 12.6. The van der Waals surface area contributed by atoms with Crippen molar-refractivity contribution in [1.82, 2.24) is 0 Å². The van der Waals surface area contributed by atoms with Gasteiger partial charge < -0.3 is 4.90 Å². The summed E-state index contributed by atoms with van der Waals surface area (Å²) in [5.74, 6) is 0.468. The van der Waals surface area contributed by atoms with Crippen molar-refractivity contribution in [3.63, 3.8) is 0 Å². The Labute approximate surface area is 108 Å². The number of benzene rings is 1. The Morgan fingerprint density at radius 1 is 1.35 bits per heavy atom. The molecule has 0 aliphatic carbocycles. The minimum atomic E-state index is 0.0992. The first-order valence-corrected chi connectivity index (χ1v) is 6.44. The predicted molar refractivity (Wildman–Crippen MR) is 71.8 cm³/mol. The number of carbonyl (C=O) groups is 1. The molecule has 1 fully saturated rings. The standard InChI is InChI=1S/C14H18ClNO/c1-9-11(3)16(8-7-14(9)17)13-6-4-5-12(15)10(13)2/h4-6,9,11H,7-8H2,1-3H3. The first-order valence-electron chi connectivity index (χ1n) is 6.07. The maximum Gasteiger partial charge on any atom is 0.139 e. The van der Waals surface area contributed by atoms with Crippen LogP contribution in [0.1, 0.15) is 25.8 Å². The second kappa shape index (κ2) is 4.69. The van der Waals surface area contributed by atoms with Gasteiger partial charge in [-0.2, -0.15) is 0 Å². The van der Waals surface area contributed by atoms with Gasteiger partial charge in [-0.05, 0) is 31.5 Å². The molecular formula is C14H18ClNO. The van der Waals surface area contributed by atoms with Crippen LogP contribution in [0.3, 0.4) is 0 Å².